The lowest BCUT2D eigenvalue weighted by Crippen LogP contribution is -2.43. The molecule has 5 rings (SSSR count). The highest BCUT2D eigenvalue weighted by Crippen LogP contribution is 2.47. The zero-order chi connectivity index (χ0) is 21.6. The van der Waals surface area contributed by atoms with Crippen LogP contribution in [0, 0.1) is 0 Å². The SMILES string of the molecule is Cn1c(C2(CF)CC2)nc2sc(N3CCCC3C(=O)NCc3ccccc3)nc2c1=O. The summed E-state index contributed by atoms with van der Waals surface area (Å²) in [6, 6.07) is 9.46. The van der Waals surface area contributed by atoms with Gasteiger partial charge in [0.2, 0.25) is 5.91 Å². The minimum Gasteiger partial charge on any atom is -0.350 e. The third-order valence-electron chi connectivity index (χ3n) is 6.32. The van der Waals surface area contributed by atoms with Crippen LogP contribution in [0.4, 0.5) is 9.52 Å². The summed E-state index contributed by atoms with van der Waals surface area (Å²) in [5, 5.41) is 3.64. The minimum absolute atomic E-state index is 0.0449. The van der Waals surface area contributed by atoms with Gasteiger partial charge in [-0.3, -0.25) is 14.2 Å². The normalized spacial score (nSPS) is 19.7. The molecule has 9 heteroatoms. The monoisotopic (exact) mass is 441 g/mol. The van der Waals surface area contributed by atoms with Gasteiger partial charge < -0.3 is 10.2 Å². The van der Waals surface area contributed by atoms with Crippen LogP contribution in [0.5, 0.6) is 0 Å². The van der Waals surface area contributed by atoms with E-state index in [1.165, 1.54) is 15.9 Å². The van der Waals surface area contributed by atoms with E-state index in [1.807, 2.05) is 35.2 Å². The van der Waals surface area contributed by atoms with Gasteiger partial charge in [0.1, 0.15) is 18.5 Å². The maximum atomic E-state index is 13.6. The lowest BCUT2D eigenvalue weighted by Gasteiger charge is -2.23. The summed E-state index contributed by atoms with van der Waals surface area (Å²) in [4.78, 5) is 37.4. The van der Waals surface area contributed by atoms with Crippen LogP contribution < -0.4 is 15.8 Å². The summed E-state index contributed by atoms with van der Waals surface area (Å²) in [5.74, 6) is 0.456. The Morgan fingerprint density at radius 1 is 1.29 bits per heavy atom. The molecule has 1 N–H and O–H groups in total. The number of amides is 1. The van der Waals surface area contributed by atoms with Crippen molar-refractivity contribution in [3.8, 4) is 0 Å². The van der Waals surface area contributed by atoms with Gasteiger partial charge in [0.05, 0.1) is 5.41 Å². The van der Waals surface area contributed by atoms with Gasteiger partial charge in [-0.25, -0.2) is 14.4 Å². The van der Waals surface area contributed by atoms with Crippen LogP contribution in [0.25, 0.3) is 10.3 Å². The summed E-state index contributed by atoms with van der Waals surface area (Å²) >= 11 is 1.31. The van der Waals surface area contributed by atoms with Crippen LogP contribution in [0.2, 0.25) is 0 Å². The lowest BCUT2D eigenvalue weighted by atomic mass is 10.1. The van der Waals surface area contributed by atoms with Crippen LogP contribution >= 0.6 is 11.3 Å². The Hall–Kier alpha value is -2.81. The highest BCUT2D eigenvalue weighted by molar-refractivity contribution is 7.21. The van der Waals surface area contributed by atoms with E-state index in [-0.39, 0.29) is 23.0 Å². The Labute approximate surface area is 182 Å². The zero-order valence-electron chi connectivity index (χ0n) is 17.3. The molecule has 1 saturated carbocycles. The highest BCUT2D eigenvalue weighted by Gasteiger charge is 2.48. The van der Waals surface area contributed by atoms with E-state index in [0.717, 1.165) is 18.4 Å². The van der Waals surface area contributed by atoms with Gasteiger partial charge in [-0.1, -0.05) is 41.7 Å². The zero-order valence-corrected chi connectivity index (χ0v) is 18.1. The number of anilines is 1. The second-order valence-corrected chi connectivity index (χ2v) is 9.37. The first-order chi connectivity index (χ1) is 15.0. The van der Waals surface area contributed by atoms with Crippen molar-refractivity contribution in [2.24, 2.45) is 7.05 Å². The predicted molar refractivity (Wildman–Crippen MR) is 118 cm³/mol. The Bertz CT molecular complexity index is 1190. The fraction of sp³-hybridized carbons (Fsp3) is 0.455. The topological polar surface area (TPSA) is 80.1 Å². The molecule has 2 aliphatic rings. The summed E-state index contributed by atoms with van der Waals surface area (Å²) in [6.07, 6.45) is 3.02. The fourth-order valence-corrected chi connectivity index (χ4v) is 5.29. The molecule has 0 radical (unpaired) electrons. The number of hydrogen-bond donors (Lipinski definition) is 1. The second kappa shape index (κ2) is 7.71. The van der Waals surface area contributed by atoms with Crippen LogP contribution in [0.1, 0.15) is 37.1 Å². The number of fused-ring (bicyclic) bond motifs is 1. The molecule has 1 aliphatic heterocycles. The molecule has 3 heterocycles. The molecule has 0 spiro atoms. The first kappa shape index (κ1) is 20.1. The van der Waals surface area contributed by atoms with Crippen molar-refractivity contribution in [2.75, 3.05) is 18.1 Å². The number of carbonyl (C=O) groups excluding carboxylic acids is 1. The van der Waals surface area contributed by atoms with Crippen LogP contribution in [-0.4, -0.2) is 39.7 Å². The molecule has 31 heavy (non-hydrogen) atoms. The van der Waals surface area contributed by atoms with Gasteiger partial charge in [-0.2, -0.15) is 0 Å². The third kappa shape index (κ3) is 3.50. The third-order valence-corrected chi connectivity index (χ3v) is 7.31. The number of aromatic nitrogens is 3. The average Bonchev–Trinajstić information content (AvgIpc) is 3.22. The maximum absolute atomic E-state index is 13.6. The summed E-state index contributed by atoms with van der Waals surface area (Å²) in [5.41, 5.74) is 0.449. The Morgan fingerprint density at radius 3 is 2.77 bits per heavy atom. The molecule has 1 atom stereocenters. The molecule has 1 unspecified atom stereocenters. The quantitative estimate of drug-likeness (QED) is 0.636. The minimum atomic E-state index is -0.625. The van der Waals surface area contributed by atoms with Crippen molar-refractivity contribution in [2.45, 2.75) is 43.7 Å². The van der Waals surface area contributed by atoms with E-state index in [2.05, 4.69) is 15.3 Å². The number of nitrogens with zero attached hydrogens (tertiary/aromatic N) is 4. The molecular weight excluding hydrogens is 417 g/mol. The predicted octanol–water partition coefficient (Wildman–Crippen LogP) is 2.68. The number of carbonyl (C=O) groups is 1. The number of benzene rings is 1. The van der Waals surface area contributed by atoms with Crippen LogP contribution in [-0.2, 0) is 23.8 Å². The van der Waals surface area contributed by atoms with Crippen molar-refractivity contribution in [1.82, 2.24) is 19.9 Å². The maximum Gasteiger partial charge on any atom is 0.280 e. The van der Waals surface area contributed by atoms with Gasteiger partial charge in [-0.05, 0) is 31.2 Å². The number of halogens is 1. The molecule has 3 aromatic rings. The molecular formula is C22H24FN5O2S. The van der Waals surface area contributed by atoms with Crippen LogP contribution in [0.15, 0.2) is 35.1 Å². The smallest absolute Gasteiger partial charge is 0.280 e. The number of nitrogens with one attached hydrogen (secondary N) is 1. The number of hydrogen-bond acceptors (Lipinski definition) is 6. The number of rotatable bonds is 6. The van der Waals surface area contributed by atoms with Crippen LogP contribution in [0.3, 0.4) is 0 Å². The average molecular weight is 442 g/mol. The summed E-state index contributed by atoms with van der Waals surface area (Å²) in [7, 11) is 1.63. The Balaban J connectivity index is 1.41. The van der Waals surface area contributed by atoms with Gasteiger partial charge in [-0.15, -0.1) is 0 Å². The molecule has 1 aliphatic carbocycles. The van der Waals surface area contributed by atoms with Crippen molar-refractivity contribution >= 4 is 32.7 Å². The highest BCUT2D eigenvalue weighted by atomic mass is 32.1. The Morgan fingerprint density at radius 2 is 2.06 bits per heavy atom. The van der Waals surface area contributed by atoms with Gasteiger partial charge in [0.25, 0.3) is 5.56 Å². The molecule has 2 aromatic heterocycles. The summed E-state index contributed by atoms with van der Waals surface area (Å²) in [6.45, 7) is 0.658. The van der Waals surface area contributed by atoms with E-state index in [9.17, 15) is 14.0 Å². The first-order valence-corrected chi connectivity index (χ1v) is 11.4. The van der Waals surface area contributed by atoms with Gasteiger partial charge >= 0.3 is 0 Å². The number of alkyl halides is 1. The molecule has 1 saturated heterocycles. The largest absolute Gasteiger partial charge is 0.350 e. The lowest BCUT2D eigenvalue weighted by molar-refractivity contribution is -0.122. The van der Waals surface area contributed by atoms with E-state index in [0.29, 0.717) is 41.7 Å². The molecule has 7 nitrogen and oxygen atoms in total. The van der Waals surface area contributed by atoms with Gasteiger partial charge in [0, 0.05) is 20.1 Å². The van der Waals surface area contributed by atoms with Crippen molar-refractivity contribution in [3.63, 3.8) is 0 Å². The standard InChI is InChI=1S/C22H24FN5O2S/c1-27-19(30)16-18(26-20(27)22(13-23)9-10-22)31-21(25-16)28-11-5-8-15(28)17(29)24-12-14-6-3-2-4-7-14/h2-4,6-7,15H,5,8-13H2,1H3,(H,24,29). The van der Waals surface area contributed by atoms with Gasteiger partial charge in [0.15, 0.2) is 15.5 Å². The van der Waals surface area contributed by atoms with E-state index in [4.69, 9.17) is 0 Å². The molecule has 1 amide bonds. The van der Waals surface area contributed by atoms with E-state index in [1.54, 1.807) is 7.05 Å². The van der Waals surface area contributed by atoms with E-state index >= 15 is 0 Å². The molecule has 162 valence electrons. The second-order valence-electron chi connectivity index (χ2n) is 8.42. The van der Waals surface area contributed by atoms with Crippen molar-refractivity contribution in [1.29, 1.82) is 0 Å². The molecule has 0 bridgehead atoms. The summed E-state index contributed by atoms with van der Waals surface area (Å²) < 4.78 is 15.0. The van der Waals surface area contributed by atoms with Crippen molar-refractivity contribution < 1.29 is 9.18 Å². The van der Waals surface area contributed by atoms with E-state index < -0.39 is 12.1 Å². The van der Waals surface area contributed by atoms with Crippen molar-refractivity contribution in [3.05, 3.63) is 52.1 Å². The molecule has 2 fully saturated rings. The molecule has 1 aromatic carbocycles. The fourth-order valence-electron chi connectivity index (χ4n) is 4.28. The number of thiazole rings is 1. The Kier molecular flexibility index (Phi) is 5.00. The first-order valence-electron chi connectivity index (χ1n) is 10.5.